The van der Waals surface area contributed by atoms with Crippen LogP contribution < -0.4 is 24.4 Å². The number of halogens is 3. The highest BCUT2D eigenvalue weighted by Crippen LogP contribution is 2.28. The first-order valence-electron chi connectivity index (χ1n) is 12.8. The highest BCUT2D eigenvalue weighted by molar-refractivity contribution is 5.95. The van der Waals surface area contributed by atoms with Gasteiger partial charge >= 0.3 is 18.4 Å². The van der Waals surface area contributed by atoms with Gasteiger partial charge in [-0.15, -0.1) is 13.2 Å². The van der Waals surface area contributed by atoms with Crippen LogP contribution in [-0.2, 0) is 11.3 Å². The van der Waals surface area contributed by atoms with Crippen LogP contribution in [0.3, 0.4) is 0 Å². The molecule has 0 atom stereocenters. The van der Waals surface area contributed by atoms with Crippen LogP contribution in [0, 0.1) is 0 Å². The Bertz CT molecular complexity index is 1540. The lowest BCUT2D eigenvalue weighted by Gasteiger charge is -2.23. The molecule has 0 aliphatic heterocycles. The maximum Gasteiger partial charge on any atom is 0.573 e. The van der Waals surface area contributed by atoms with E-state index in [0.29, 0.717) is 22.7 Å². The van der Waals surface area contributed by atoms with Gasteiger partial charge in [-0.2, -0.15) is 0 Å². The fourth-order valence-corrected chi connectivity index (χ4v) is 3.80. The van der Waals surface area contributed by atoms with Crippen LogP contribution >= 0.6 is 0 Å². The Kier molecular flexibility index (Phi) is 9.84. The lowest BCUT2D eigenvalue weighted by Crippen LogP contribution is -2.33. The number of ether oxygens (including phenoxy) is 3. The van der Waals surface area contributed by atoms with Crippen LogP contribution in [0.5, 0.6) is 23.0 Å². The summed E-state index contributed by atoms with van der Waals surface area (Å²) in [6, 6.07) is 26.5. The number of hydrogen-bond acceptors (Lipinski definition) is 6. The van der Waals surface area contributed by atoms with Crippen molar-refractivity contribution >= 4 is 23.7 Å². The van der Waals surface area contributed by atoms with E-state index in [0.717, 1.165) is 12.1 Å². The van der Waals surface area contributed by atoms with Gasteiger partial charge in [0.2, 0.25) is 0 Å². The minimum atomic E-state index is -4.92. The zero-order valence-electron chi connectivity index (χ0n) is 22.4. The van der Waals surface area contributed by atoms with E-state index in [1.165, 1.54) is 41.3 Å². The molecule has 4 aromatic carbocycles. The van der Waals surface area contributed by atoms with Crippen molar-refractivity contribution in [2.45, 2.75) is 19.3 Å². The molecule has 222 valence electrons. The number of carbonyl (C=O) groups excluding carboxylic acids is 2. The van der Waals surface area contributed by atoms with Gasteiger partial charge in [0.15, 0.2) is 0 Å². The molecule has 0 radical (unpaired) electrons. The maximum atomic E-state index is 13.3. The minimum Gasteiger partial charge on any atom is -0.481 e. The van der Waals surface area contributed by atoms with Crippen molar-refractivity contribution in [2.75, 3.05) is 11.4 Å². The third-order valence-corrected chi connectivity index (χ3v) is 5.77. The summed E-state index contributed by atoms with van der Waals surface area (Å²) >= 11 is 0. The molecule has 12 heteroatoms. The number of para-hydroxylation sites is 1. The molecule has 43 heavy (non-hydrogen) atoms. The van der Waals surface area contributed by atoms with Gasteiger partial charge in [0.05, 0.1) is 13.0 Å². The molecule has 9 nitrogen and oxygen atoms in total. The van der Waals surface area contributed by atoms with Gasteiger partial charge in [-0.1, -0.05) is 36.4 Å². The number of rotatable bonds is 11. The molecule has 0 aliphatic rings. The molecule has 0 fully saturated rings. The normalized spacial score (nSPS) is 10.9. The molecule has 4 rings (SSSR count). The Balaban J connectivity index is 1.54. The number of anilines is 1. The van der Waals surface area contributed by atoms with Crippen molar-refractivity contribution in [3.8, 4) is 23.0 Å². The highest BCUT2D eigenvalue weighted by atomic mass is 19.4. The van der Waals surface area contributed by atoms with Crippen molar-refractivity contribution in [1.29, 1.82) is 0 Å². The monoisotopic (exact) mass is 594 g/mol. The number of alkyl halides is 3. The number of carboxylic acids is 1. The molecule has 0 aliphatic carbocycles. The standard InChI is InChI=1S/C31H25F3N2O7/c32-31(33,34)43-27-8-4-7-26(19-27)42-30(40)36(23-13-11-22(12-14-23)29(39)35-18-17-28(37)38)20-21-9-15-25(16-10-21)41-24-5-2-1-3-6-24/h1-16,19H,17-18,20H2,(H,35,39)(H,37,38). The van der Waals surface area contributed by atoms with E-state index in [-0.39, 0.29) is 30.8 Å². The molecule has 2 amide bonds. The molecule has 0 heterocycles. The largest absolute Gasteiger partial charge is 0.573 e. The number of nitrogens with one attached hydrogen (secondary N) is 1. The summed E-state index contributed by atoms with van der Waals surface area (Å²) in [4.78, 5) is 37.6. The molecule has 0 aromatic heterocycles. The SMILES string of the molecule is O=C(O)CCNC(=O)c1ccc(N(Cc2ccc(Oc3ccccc3)cc2)C(=O)Oc2cccc(OC(F)(F)F)c2)cc1. The van der Waals surface area contributed by atoms with Crippen molar-refractivity contribution in [3.63, 3.8) is 0 Å². The third kappa shape index (κ3) is 9.52. The second-order valence-electron chi connectivity index (χ2n) is 8.98. The molecule has 0 bridgehead atoms. The smallest absolute Gasteiger partial charge is 0.481 e. The van der Waals surface area contributed by atoms with Gasteiger partial charge in [-0.3, -0.25) is 14.5 Å². The van der Waals surface area contributed by atoms with Crippen LogP contribution in [0.15, 0.2) is 103 Å². The quantitative estimate of drug-likeness (QED) is 0.197. The molecule has 2 N–H and O–H groups in total. The Morgan fingerprint density at radius 1 is 0.767 bits per heavy atom. The number of nitrogens with zero attached hydrogens (tertiary/aromatic N) is 1. The molecular weight excluding hydrogens is 569 g/mol. The van der Waals surface area contributed by atoms with Gasteiger partial charge in [-0.25, -0.2) is 4.79 Å². The fourth-order valence-electron chi connectivity index (χ4n) is 3.80. The van der Waals surface area contributed by atoms with Crippen LogP contribution in [-0.4, -0.2) is 36.0 Å². The van der Waals surface area contributed by atoms with Gasteiger partial charge in [0.1, 0.15) is 23.0 Å². The highest BCUT2D eigenvalue weighted by Gasteiger charge is 2.31. The van der Waals surface area contributed by atoms with Crippen LogP contribution in [0.2, 0.25) is 0 Å². The lowest BCUT2D eigenvalue weighted by molar-refractivity contribution is -0.274. The molecule has 0 spiro atoms. The maximum absolute atomic E-state index is 13.3. The Labute approximate surface area is 244 Å². The molecular formula is C31H25F3N2O7. The predicted octanol–water partition coefficient (Wildman–Crippen LogP) is 6.79. The molecule has 0 unspecified atom stereocenters. The van der Waals surface area contributed by atoms with Crippen molar-refractivity contribution < 1.29 is 46.9 Å². The Hall–Kier alpha value is -5.52. The molecule has 4 aromatic rings. The summed E-state index contributed by atoms with van der Waals surface area (Å²) in [5, 5.41) is 11.2. The summed E-state index contributed by atoms with van der Waals surface area (Å²) in [5.74, 6) is -1.10. The van der Waals surface area contributed by atoms with Crippen LogP contribution in [0.25, 0.3) is 0 Å². The topological polar surface area (TPSA) is 114 Å². The lowest BCUT2D eigenvalue weighted by atomic mass is 10.1. The van der Waals surface area contributed by atoms with Crippen LogP contribution in [0.4, 0.5) is 23.7 Å². The number of carbonyl (C=O) groups is 3. The van der Waals surface area contributed by atoms with E-state index in [2.05, 4.69) is 10.1 Å². The minimum absolute atomic E-state index is 0.00660. The first-order chi connectivity index (χ1) is 20.6. The Morgan fingerprint density at radius 2 is 1.40 bits per heavy atom. The van der Waals surface area contributed by atoms with Gasteiger partial charge in [0.25, 0.3) is 5.91 Å². The van der Waals surface area contributed by atoms with E-state index < -0.39 is 30.1 Å². The van der Waals surface area contributed by atoms with Crippen molar-refractivity contribution in [3.05, 3.63) is 114 Å². The molecule has 0 saturated carbocycles. The number of benzene rings is 4. The number of aliphatic carboxylic acids is 1. The van der Waals surface area contributed by atoms with E-state index >= 15 is 0 Å². The first-order valence-corrected chi connectivity index (χ1v) is 12.8. The second-order valence-corrected chi connectivity index (χ2v) is 8.98. The van der Waals surface area contributed by atoms with Crippen molar-refractivity contribution in [1.82, 2.24) is 5.32 Å². The predicted molar refractivity (Wildman–Crippen MR) is 149 cm³/mol. The number of amides is 2. The van der Waals surface area contributed by atoms with Gasteiger partial charge in [-0.05, 0) is 66.2 Å². The van der Waals surface area contributed by atoms with E-state index in [9.17, 15) is 27.6 Å². The summed E-state index contributed by atoms with van der Waals surface area (Å²) in [6.07, 6.45) is -6.08. The average molecular weight is 595 g/mol. The van der Waals surface area contributed by atoms with Gasteiger partial charge in [0, 0.05) is 23.9 Å². The first kappa shape index (κ1) is 30.4. The van der Waals surface area contributed by atoms with Crippen molar-refractivity contribution in [2.24, 2.45) is 0 Å². The average Bonchev–Trinajstić information content (AvgIpc) is 2.96. The second kappa shape index (κ2) is 13.9. The zero-order valence-corrected chi connectivity index (χ0v) is 22.4. The molecule has 0 saturated heterocycles. The van der Waals surface area contributed by atoms with Gasteiger partial charge < -0.3 is 24.6 Å². The summed E-state index contributed by atoms with van der Waals surface area (Å²) in [6.45, 7) is -0.0667. The summed E-state index contributed by atoms with van der Waals surface area (Å²) in [5.41, 5.74) is 1.21. The third-order valence-electron chi connectivity index (χ3n) is 5.77. The van der Waals surface area contributed by atoms with Crippen LogP contribution in [0.1, 0.15) is 22.3 Å². The summed E-state index contributed by atoms with van der Waals surface area (Å²) < 4.78 is 53.1. The number of carboxylic acid groups (broad SMARTS) is 1. The summed E-state index contributed by atoms with van der Waals surface area (Å²) in [7, 11) is 0. The Morgan fingerprint density at radius 3 is 2.05 bits per heavy atom. The van der Waals surface area contributed by atoms with E-state index in [1.807, 2.05) is 18.2 Å². The van der Waals surface area contributed by atoms with E-state index in [1.54, 1.807) is 36.4 Å². The zero-order chi connectivity index (χ0) is 30.8. The number of hydrogen-bond donors (Lipinski definition) is 2. The fraction of sp³-hybridized carbons (Fsp3) is 0.129. The van der Waals surface area contributed by atoms with E-state index in [4.69, 9.17) is 14.6 Å².